The second kappa shape index (κ2) is 7.83. The van der Waals surface area contributed by atoms with Crippen molar-refractivity contribution in [1.29, 1.82) is 0 Å². The third kappa shape index (κ3) is 5.48. The molecule has 0 saturated carbocycles. The highest BCUT2D eigenvalue weighted by molar-refractivity contribution is 6.51. The smallest absolute Gasteiger partial charge is 0.460 e. The fourth-order valence-electron chi connectivity index (χ4n) is 2.91. The minimum atomic E-state index is -0.598. The second-order valence-corrected chi connectivity index (χ2v) is 9.01. The van der Waals surface area contributed by atoms with E-state index in [0.717, 1.165) is 6.42 Å². The van der Waals surface area contributed by atoms with E-state index in [0.29, 0.717) is 13.0 Å². The first-order chi connectivity index (χ1) is 12.3. The Kier molecular flexibility index (Phi) is 6.31. The maximum atomic E-state index is 12.4. The monoisotopic (exact) mass is 381 g/mol. The zero-order valence-corrected chi connectivity index (χ0v) is 17.5. The van der Waals surface area contributed by atoms with Gasteiger partial charge in [-0.25, -0.2) is 9.59 Å². The van der Waals surface area contributed by atoms with Crippen molar-refractivity contribution >= 4 is 19.2 Å². The molecule has 0 unspecified atom stereocenters. The summed E-state index contributed by atoms with van der Waals surface area (Å²) in [5, 5.41) is 0. The standard InChI is InChI=1S/C19H32BNO6/c1-17(2,3)25-16(23)21-12-8-10-14(21)15(22)24-13-9-11-20-26-18(4,5)19(6,7)27-20/h9,11,14H,8,10,12-13H2,1-7H3/b11-9+/t14-/m0/s1. The van der Waals surface area contributed by atoms with E-state index in [1.807, 2.05) is 27.7 Å². The van der Waals surface area contributed by atoms with Gasteiger partial charge in [-0.1, -0.05) is 12.1 Å². The van der Waals surface area contributed by atoms with E-state index in [1.165, 1.54) is 4.90 Å². The van der Waals surface area contributed by atoms with E-state index in [-0.39, 0.29) is 6.61 Å². The quantitative estimate of drug-likeness (QED) is 0.550. The molecule has 0 aromatic heterocycles. The van der Waals surface area contributed by atoms with Gasteiger partial charge in [0.1, 0.15) is 18.2 Å². The minimum Gasteiger partial charge on any atom is -0.460 e. The third-order valence-electron chi connectivity index (χ3n) is 5.04. The average molecular weight is 381 g/mol. The van der Waals surface area contributed by atoms with Gasteiger partial charge >= 0.3 is 19.2 Å². The summed E-state index contributed by atoms with van der Waals surface area (Å²) < 4.78 is 22.4. The van der Waals surface area contributed by atoms with Crippen LogP contribution >= 0.6 is 0 Å². The first kappa shape index (κ1) is 21.8. The first-order valence-corrected chi connectivity index (χ1v) is 9.51. The molecule has 0 N–H and O–H groups in total. The van der Waals surface area contributed by atoms with E-state index in [9.17, 15) is 9.59 Å². The van der Waals surface area contributed by atoms with E-state index in [2.05, 4.69) is 0 Å². The molecule has 2 rings (SSSR count). The Balaban J connectivity index is 1.82. The van der Waals surface area contributed by atoms with Gasteiger partial charge in [-0.2, -0.15) is 0 Å². The number of esters is 1. The maximum absolute atomic E-state index is 12.4. The number of likely N-dealkylation sites (tertiary alicyclic amines) is 1. The van der Waals surface area contributed by atoms with Crippen LogP contribution in [-0.4, -0.2) is 60.1 Å². The summed E-state index contributed by atoms with van der Waals surface area (Å²) in [6.45, 7) is 13.9. The molecule has 0 radical (unpaired) electrons. The number of nitrogens with zero attached hydrogens (tertiary/aromatic N) is 1. The normalized spacial score (nSPS) is 24.5. The lowest BCUT2D eigenvalue weighted by molar-refractivity contribution is -0.147. The van der Waals surface area contributed by atoms with Gasteiger partial charge < -0.3 is 18.8 Å². The van der Waals surface area contributed by atoms with Gasteiger partial charge in [0.05, 0.1) is 11.2 Å². The predicted octanol–water partition coefficient (Wildman–Crippen LogP) is 3.12. The Labute approximate surface area is 162 Å². The number of carbonyl (C=O) groups is 2. The highest BCUT2D eigenvalue weighted by Gasteiger charge is 2.50. The van der Waals surface area contributed by atoms with Crippen molar-refractivity contribution in [2.75, 3.05) is 13.2 Å². The highest BCUT2D eigenvalue weighted by Crippen LogP contribution is 2.36. The van der Waals surface area contributed by atoms with Gasteiger partial charge in [-0.05, 0) is 61.3 Å². The molecular weight excluding hydrogens is 349 g/mol. The summed E-state index contributed by atoms with van der Waals surface area (Å²) in [7, 11) is -0.474. The predicted molar refractivity (Wildman–Crippen MR) is 102 cm³/mol. The Hall–Kier alpha value is -1.54. The van der Waals surface area contributed by atoms with Gasteiger partial charge in [0.2, 0.25) is 0 Å². The van der Waals surface area contributed by atoms with Crippen LogP contribution in [0.1, 0.15) is 61.3 Å². The van der Waals surface area contributed by atoms with Crippen LogP contribution in [0.5, 0.6) is 0 Å². The Morgan fingerprint density at radius 3 is 2.33 bits per heavy atom. The molecule has 1 atom stereocenters. The summed E-state index contributed by atoms with van der Waals surface area (Å²) in [6, 6.07) is -0.593. The zero-order chi connectivity index (χ0) is 20.5. The van der Waals surface area contributed by atoms with Gasteiger partial charge in [0.25, 0.3) is 0 Å². The molecule has 0 aliphatic carbocycles. The molecule has 2 saturated heterocycles. The summed E-state index contributed by atoms with van der Waals surface area (Å²) in [6.07, 6.45) is 2.56. The molecule has 0 aromatic carbocycles. The van der Waals surface area contributed by atoms with E-state index >= 15 is 0 Å². The van der Waals surface area contributed by atoms with Crippen LogP contribution < -0.4 is 0 Å². The second-order valence-electron chi connectivity index (χ2n) is 9.01. The van der Waals surface area contributed by atoms with Crippen LogP contribution in [0.15, 0.2) is 12.1 Å². The number of carbonyl (C=O) groups excluding carboxylic acids is 2. The van der Waals surface area contributed by atoms with Crippen molar-refractivity contribution in [3.63, 3.8) is 0 Å². The van der Waals surface area contributed by atoms with E-state index in [4.69, 9.17) is 18.8 Å². The summed E-state index contributed by atoms with van der Waals surface area (Å²) >= 11 is 0. The number of hydrogen-bond acceptors (Lipinski definition) is 6. The van der Waals surface area contributed by atoms with Gasteiger partial charge in [0, 0.05) is 6.54 Å². The minimum absolute atomic E-state index is 0.0988. The van der Waals surface area contributed by atoms with Crippen molar-refractivity contribution in [3.05, 3.63) is 12.1 Å². The topological polar surface area (TPSA) is 74.3 Å². The molecule has 7 nitrogen and oxygen atoms in total. The van der Waals surface area contributed by atoms with Crippen molar-refractivity contribution in [2.45, 2.75) is 84.2 Å². The summed E-state index contributed by atoms with van der Waals surface area (Å²) in [5.74, 6) is 1.32. The van der Waals surface area contributed by atoms with E-state index in [1.54, 1.807) is 32.8 Å². The molecule has 0 aromatic rings. The molecule has 2 heterocycles. The lowest BCUT2D eigenvalue weighted by atomic mass is 9.90. The fraction of sp³-hybridized carbons (Fsp3) is 0.789. The van der Waals surface area contributed by atoms with Gasteiger partial charge in [0.15, 0.2) is 0 Å². The van der Waals surface area contributed by atoms with Crippen molar-refractivity contribution in [2.24, 2.45) is 0 Å². The largest absolute Gasteiger partial charge is 0.486 e. The molecule has 152 valence electrons. The van der Waals surface area contributed by atoms with Crippen molar-refractivity contribution in [1.82, 2.24) is 4.90 Å². The molecule has 2 fully saturated rings. The molecule has 1 amide bonds. The summed E-state index contributed by atoms with van der Waals surface area (Å²) in [5.41, 5.74) is -1.41. The van der Waals surface area contributed by atoms with E-state index < -0.39 is 42.0 Å². The SMILES string of the molecule is CC(C)(C)OC(=O)N1CCC[C@H]1C(=O)OC/C=C/B1OC(C)(C)C(C)(C)O1. The molecule has 0 spiro atoms. The Bertz CT molecular complexity index is 579. The lowest BCUT2D eigenvalue weighted by Crippen LogP contribution is -2.44. The average Bonchev–Trinajstić information content (AvgIpc) is 3.05. The number of amides is 1. The van der Waals surface area contributed by atoms with Gasteiger partial charge in [-0.3, -0.25) is 4.90 Å². The van der Waals surface area contributed by atoms with Crippen LogP contribution in [0.4, 0.5) is 4.79 Å². The van der Waals surface area contributed by atoms with Crippen LogP contribution in [-0.2, 0) is 23.6 Å². The maximum Gasteiger partial charge on any atom is 0.486 e. The van der Waals surface area contributed by atoms with Crippen LogP contribution in [0.3, 0.4) is 0 Å². The fourth-order valence-corrected chi connectivity index (χ4v) is 2.91. The molecule has 2 aliphatic heterocycles. The Morgan fingerprint density at radius 2 is 1.78 bits per heavy atom. The van der Waals surface area contributed by atoms with Crippen LogP contribution in [0.2, 0.25) is 0 Å². The van der Waals surface area contributed by atoms with Crippen LogP contribution in [0.25, 0.3) is 0 Å². The van der Waals surface area contributed by atoms with Crippen LogP contribution in [0, 0.1) is 0 Å². The Morgan fingerprint density at radius 1 is 1.19 bits per heavy atom. The third-order valence-corrected chi connectivity index (χ3v) is 5.04. The number of hydrogen-bond donors (Lipinski definition) is 0. The molecule has 27 heavy (non-hydrogen) atoms. The van der Waals surface area contributed by atoms with Crippen molar-refractivity contribution in [3.8, 4) is 0 Å². The lowest BCUT2D eigenvalue weighted by Gasteiger charge is -2.32. The molecule has 2 aliphatic rings. The number of rotatable bonds is 4. The molecular formula is C19H32BNO6. The zero-order valence-electron chi connectivity index (χ0n) is 17.5. The summed E-state index contributed by atoms with van der Waals surface area (Å²) in [4.78, 5) is 26.1. The molecule has 8 heteroatoms. The highest BCUT2D eigenvalue weighted by atomic mass is 16.7. The van der Waals surface area contributed by atoms with Crippen molar-refractivity contribution < 1.29 is 28.4 Å². The number of ether oxygens (including phenoxy) is 2. The molecule has 0 bridgehead atoms. The van der Waals surface area contributed by atoms with Gasteiger partial charge in [-0.15, -0.1) is 0 Å². The first-order valence-electron chi connectivity index (χ1n) is 9.51.